The maximum absolute atomic E-state index is 13.1. The molecule has 1 amide bonds. The number of nitrogens with one attached hydrogen (secondary N) is 2. The number of amides is 1. The third kappa shape index (κ3) is 4.98. The fourth-order valence-corrected chi connectivity index (χ4v) is 5.55. The van der Waals surface area contributed by atoms with Gasteiger partial charge in [-0.15, -0.1) is 0 Å². The summed E-state index contributed by atoms with van der Waals surface area (Å²) in [6.07, 6.45) is 2.70. The number of thioether (sulfide) groups is 1. The van der Waals surface area contributed by atoms with Crippen molar-refractivity contribution in [3.8, 4) is 0 Å². The Balaban J connectivity index is 1.56. The molecular formula is C22H26N4O4S2. The van der Waals surface area contributed by atoms with Crippen molar-refractivity contribution in [2.24, 2.45) is 0 Å². The molecule has 170 valence electrons. The number of hydrogen-bond donors (Lipinski definition) is 2. The van der Waals surface area contributed by atoms with E-state index in [0.29, 0.717) is 44.1 Å². The van der Waals surface area contributed by atoms with Gasteiger partial charge in [0.15, 0.2) is 0 Å². The Morgan fingerprint density at radius 3 is 2.75 bits per heavy atom. The van der Waals surface area contributed by atoms with Gasteiger partial charge in [0, 0.05) is 18.7 Å². The molecule has 1 fully saturated rings. The molecule has 1 atom stereocenters. The summed E-state index contributed by atoms with van der Waals surface area (Å²) in [6, 6.07) is 13.6. The third-order valence-corrected chi connectivity index (χ3v) is 7.90. The van der Waals surface area contributed by atoms with E-state index >= 15 is 0 Å². The van der Waals surface area contributed by atoms with Crippen molar-refractivity contribution in [1.82, 2.24) is 19.6 Å². The molecule has 1 aliphatic heterocycles. The van der Waals surface area contributed by atoms with E-state index in [-0.39, 0.29) is 16.8 Å². The van der Waals surface area contributed by atoms with E-state index in [2.05, 4.69) is 15.3 Å². The average molecular weight is 475 g/mol. The van der Waals surface area contributed by atoms with Crippen molar-refractivity contribution in [1.29, 1.82) is 0 Å². The van der Waals surface area contributed by atoms with Gasteiger partial charge < -0.3 is 15.0 Å². The molecule has 1 aromatic heterocycles. The number of ether oxygens (including phenoxy) is 1. The monoisotopic (exact) mass is 474 g/mol. The molecule has 10 heteroatoms. The standard InChI is InChI=1S/C22H26N4O4S2/c1-31-14-9-20(21-23-18-7-2-3-8-19(18)24-21)25-22(27)16-5-4-6-17(15-16)32(28,29)26-10-12-30-13-11-26/h2-8,15,20H,9-14H2,1H3,(H,23,24)(H,25,27)/t20-/m0/s1. The van der Waals surface area contributed by atoms with Crippen molar-refractivity contribution in [2.45, 2.75) is 17.4 Å². The SMILES string of the molecule is CSCC[C@H](NC(=O)c1cccc(S(=O)(=O)N2CCOCC2)c1)c1nc2ccccc2[nH]1. The van der Waals surface area contributed by atoms with Gasteiger partial charge in [0.1, 0.15) is 5.82 Å². The third-order valence-electron chi connectivity index (χ3n) is 5.36. The lowest BCUT2D eigenvalue weighted by molar-refractivity contribution is 0.0730. The predicted molar refractivity (Wildman–Crippen MR) is 125 cm³/mol. The van der Waals surface area contributed by atoms with Crippen LogP contribution in [0.2, 0.25) is 0 Å². The lowest BCUT2D eigenvalue weighted by Crippen LogP contribution is -2.40. The van der Waals surface area contributed by atoms with Gasteiger partial charge in [0.2, 0.25) is 10.0 Å². The number of para-hydroxylation sites is 2. The highest BCUT2D eigenvalue weighted by Crippen LogP contribution is 2.22. The molecule has 0 saturated carbocycles. The van der Waals surface area contributed by atoms with E-state index in [1.54, 1.807) is 23.9 Å². The second-order valence-electron chi connectivity index (χ2n) is 7.49. The summed E-state index contributed by atoms with van der Waals surface area (Å²) in [6.45, 7) is 1.35. The number of nitrogens with zero attached hydrogens (tertiary/aromatic N) is 2. The number of aromatic amines is 1. The number of sulfonamides is 1. The number of hydrogen-bond acceptors (Lipinski definition) is 6. The van der Waals surface area contributed by atoms with Gasteiger partial charge in [-0.1, -0.05) is 18.2 Å². The number of H-pyrrole nitrogens is 1. The minimum Gasteiger partial charge on any atom is -0.379 e. The number of aromatic nitrogens is 2. The summed E-state index contributed by atoms with van der Waals surface area (Å²) in [4.78, 5) is 21.1. The lowest BCUT2D eigenvalue weighted by atomic mass is 10.1. The quantitative estimate of drug-likeness (QED) is 0.520. The van der Waals surface area contributed by atoms with Crippen molar-refractivity contribution >= 4 is 38.7 Å². The highest BCUT2D eigenvalue weighted by Gasteiger charge is 2.27. The minimum absolute atomic E-state index is 0.108. The van der Waals surface area contributed by atoms with Crippen LogP contribution in [0.15, 0.2) is 53.4 Å². The highest BCUT2D eigenvalue weighted by molar-refractivity contribution is 7.98. The predicted octanol–water partition coefficient (Wildman–Crippen LogP) is 2.81. The first-order valence-electron chi connectivity index (χ1n) is 10.4. The van der Waals surface area contributed by atoms with E-state index in [4.69, 9.17) is 4.74 Å². The number of fused-ring (bicyclic) bond motifs is 1. The molecule has 1 saturated heterocycles. The highest BCUT2D eigenvalue weighted by atomic mass is 32.2. The van der Waals surface area contributed by atoms with Gasteiger partial charge in [-0.3, -0.25) is 4.79 Å². The van der Waals surface area contributed by atoms with Gasteiger partial charge in [0.25, 0.3) is 5.91 Å². The lowest BCUT2D eigenvalue weighted by Gasteiger charge is -2.26. The fraction of sp³-hybridized carbons (Fsp3) is 0.364. The molecule has 32 heavy (non-hydrogen) atoms. The normalized spacial score (nSPS) is 16.2. The Kier molecular flexibility index (Phi) is 7.14. The molecule has 4 rings (SSSR count). The molecule has 0 bridgehead atoms. The number of morpholine rings is 1. The maximum Gasteiger partial charge on any atom is 0.251 e. The number of benzene rings is 2. The van der Waals surface area contributed by atoms with Crippen LogP contribution in [-0.4, -0.2) is 66.9 Å². The summed E-state index contributed by atoms with van der Waals surface area (Å²) >= 11 is 1.69. The van der Waals surface area contributed by atoms with Crippen LogP contribution >= 0.6 is 11.8 Å². The van der Waals surface area contributed by atoms with E-state index in [0.717, 1.165) is 16.8 Å². The van der Waals surface area contributed by atoms with Gasteiger partial charge in [-0.2, -0.15) is 16.1 Å². The summed E-state index contributed by atoms with van der Waals surface area (Å²) in [5, 5.41) is 3.03. The summed E-state index contributed by atoms with van der Waals surface area (Å²) in [5.41, 5.74) is 2.04. The number of rotatable bonds is 8. The molecule has 1 aliphatic rings. The molecule has 3 aromatic rings. The van der Waals surface area contributed by atoms with E-state index in [9.17, 15) is 13.2 Å². The largest absolute Gasteiger partial charge is 0.379 e. The van der Waals surface area contributed by atoms with E-state index < -0.39 is 10.0 Å². The van der Waals surface area contributed by atoms with Crippen LogP contribution in [0.5, 0.6) is 0 Å². The average Bonchev–Trinajstić information content (AvgIpc) is 3.26. The zero-order valence-corrected chi connectivity index (χ0v) is 19.4. The molecule has 0 radical (unpaired) electrons. The van der Waals surface area contributed by atoms with Crippen molar-refractivity contribution in [3.63, 3.8) is 0 Å². The zero-order valence-electron chi connectivity index (χ0n) is 17.8. The van der Waals surface area contributed by atoms with E-state index in [1.165, 1.54) is 16.4 Å². The maximum atomic E-state index is 13.1. The Labute approximate surface area is 191 Å². The summed E-state index contributed by atoms with van der Waals surface area (Å²) < 4.78 is 32.6. The molecule has 2 aromatic carbocycles. The molecule has 2 N–H and O–H groups in total. The molecule has 2 heterocycles. The van der Waals surface area contributed by atoms with Gasteiger partial charge in [-0.25, -0.2) is 13.4 Å². The van der Waals surface area contributed by atoms with Gasteiger partial charge in [0.05, 0.1) is 35.2 Å². The van der Waals surface area contributed by atoms with Crippen molar-refractivity contribution < 1.29 is 17.9 Å². The van der Waals surface area contributed by atoms with Crippen LogP contribution < -0.4 is 5.32 Å². The van der Waals surface area contributed by atoms with Crippen molar-refractivity contribution in [2.75, 3.05) is 38.3 Å². The Bertz CT molecular complexity index is 1160. The van der Waals surface area contributed by atoms with Crippen LogP contribution in [0, 0.1) is 0 Å². The minimum atomic E-state index is -3.68. The number of imidazole rings is 1. The molecular weight excluding hydrogens is 448 g/mol. The Morgan fingerprint density at radius 2 is 2.00 bits per heavy atom. The number of carbonyl (C=O) groups is 1. The van der Waals surface area contributed by atoms with Gasteiger partial charge in [-0.05, 0) is 48.8 Å². The number of carbonyl (C=O) groups excluding carboxylic acids is 1. The van der Waals surface area contributed by atoms with Crippen LogP contribution in [0.25, 0.3) is 11.0 Å². The van der Waals surface area contributed by atoms with Crippen LogP contribution in [0.1, 0.15) is 28.6 Å². The summed E-state index contributed by atoms with van der Waals surface area (Å²) in [5.74, 6) is 1.19. The fourth-order valence-electron chi connectivity index (χ4n) is 3.63. The Hall–Kier alpha value is -2.40. The molecule has 8 nitrogen and oxygen atoms in total. The van der Waals surface area contributed by atoms with Crippen LogP contribution in [0.3, 0.4) is 0 Å². The summed E-state index contributed by atoms with van der Waals surface area (Å²) in [7, 11) is -3.68. The smallest absolute Gasteiger partial charge is 0.251 e. The van der Waals surface area contributed by atoms with E-state index in [1.807, 2.05) is 30.5 Å². The topological polar surface area (TPSA) is 104 Å². The second-order valence-corrected chi connectivity index (χ2v) is 10.4. The first kappa shape index (κ1) is 22.8. The Morgan fingerprint density at radius 1 is 1.22 bits per heavy atom. The van der Waals surface area contributed by atoms with Crippen molar-refractivity contribution in [3.05, 3.63) is 59.9 Å². The second kappa shape index (κ2) is 10.0. The molecule has 0 spiro atoms. The molecule has 0 unspecified atom stereocenters. The van der Waals surface area contributed by atoms with Crippen LogP contribution in [0.4, 0.5) is 0 Å². The van der Waals surface area contributed by atoms with Crippen LogP contribution in [-0.2, 0) is 14.8 Å². The first-order chi connectivity index (χ1) is 15.5. The zero-order chi connectivity index (χ0) is 22.6. The first-order valence-corrected chi connectivity index (χ1v) is 13.2. The van der Waals surface area contributed by atoms with Gasteiger partial charge >= 0.3 is 0 Å². The molecule has 0 aliphatic carbocycles.